The Bertz CT molecular complexity index is 811. The summed E-state index contributed by atoms with van der Waals surface area (Å²) in [6.07, 6.45) is 9.73. The molecule has 1 aliphatic carbocycles. The Morgan fingerprint density at radius 1 is 1.33 bits per heavy atom. The van der Waals surface area contributed by atoms with E-state index in [0.717, 1.165) is 57.4 Å². The molecule has 0 unspecified atom stereocenters. The molecule has 0 bridgehead atoms. The Kier molecular flexibility index (Phi) is 5.02. The zero-order chi connectivity index (χ0) is 18.9. The highest BCUT2D eigenvalue weighted by Crippen LogP contribution is 2.51. The van der Waals surface area contributed by atoms with Crippen LogP contribution in [0, 0.1) is 5.82 Å². The molecule has 4 rings (SSSR count). The van der Waals surface area contributed by atoms with E-state index in [-0.39, 0.29) is 17.6 Å². The van der Waals surface area contributed by atoms with Crippen LogP contribution in [0.25, 0.3) is 0 Å². The van der Waals surface area contributed by atoms with Crippen LogP contribution in [0.5, 0.6) is 0 Å². The third-order valence-corrected chi connectivity index (χ3v) is 6.12. The predicted octanol–water partition coefficient (Wildman–Crippen LogP) is 4.26. The summed E-state index contributed by atoms with van der Waals surface area (Å²) >= 11 is 0. The number of halogens is 1. The normalized spacial score (nSPS) is 21.3. The number of carbonyl (C=O) groups is 1. The number of aryl methyl sites for hydroxylation is 1. The number of piperidine rings is 1. The molecule has 4 nitrogen and oxygen atoms in total. The molecule has 2 aromatic rings. The van der Waals surface area contributed by atoms with Gasteiger partial charge in [-0.15, -0.1) is 0 Å². The fraction of sp³-hybridized carbons (Fsp3) is 0.545. The van der Waals surface area contributed by atoms with Gasteiger partial charge in [0.1, 0.15) is 11.6 Å². The second-order valence-corrected chi connectivity index (χ2v) is 7.98. The van der Waals surface area contributed by atoms with Crippen LogP contribution in [0.4, 0.5) is 4.39 Å². The molecule has 1 saturated heterocycles. The summed E-state index contributed by atoms with van der Waals surface area (Å²) in [5.74, 6) is 1.21. The minimum absolute atomic E-state index is 0.101. The Morgan fingerprint density at radius 3 is 2.89 bits per heavy atom. The van der Waals surface area contributed by atoms with E-state index in [2.05, 4.69) is 16.5 Å². The second-order valence-electron chi connectivity index (χ2n) is 7.98. The summed E-state index contributed by atoms with van der Waals surface area (Å²) in [6.45, 7) is 4.63. The second kappa shape index (κ2) is 7.45. The van der Waals surface area contributed by atoms with Gasteiger partial charge < -0.3 is 9.47 Å². The van der Waals surface area contributed by atoms with Crippen molar-refractivity contribution in [3.63, 3.8) is 0 Å². The van der Waals surface area contributed by atoms with Crippen molar-refractivity contribution < 1.29 is 9.18 Å². The van der Waals surface area contributed by atoms with Crippen LogP contribution in [0.3, 0.4) is 0 Å². The first kappa shape index (κ1) is 18.2. The van der Waals surface area contributed by atoms with E-state index in [1.54, 1.807) is 12.1 Å². The highest BCUT2D eigenvalue weighted by atomic mass is 19.1. The molecule has 0 N–H and O–H groups in total. The molecule has 2 fully saturated rings. The lowest BCUT2D eigenvalue weighted by Gasteiger charge is -2.35. The summed E-state index contributed by atoms with van der Waals surface area (Å²) in [5, 5.41) is 0. The highest BCUT2D eigenvalue weighted by molar-refractivity contribution is 5.91. The average Bonchev–Trinajstić information content (AvgIpc) is 3.36. The lowest BCUT2D eigenvalue weighted by Crippen LogP contribution is -2.45. The Hall–Kier alpha value is -2.17. The molecular weight excluding hydrogens is 341 g/mol. The zero-order valence-corrected chi connectivity index (χ0v) is 16.0. The highest BCUT2D eigenvalue weighted by Gasteiger charge is 2.54. The van der Waals surface area contributed by atoms with Gasteiger partial charge in [-0.3, -0.25) is 4.79 Å². The average molecular weight is 369 g/mol. The van der Waals surface area contributed by atoms with Crippen LogP contribution in [0.1, 0.15) is 62.8 Å². The van der Waals surface area contributed by atoms with Gasteiger partial charge in [-0.25, -0.2) is 9.37 Å². The maximum absolute atomic E-state index is 14.3. The van der Waals surface area contributed by atoms with Gasteiger partial charge >= 0.3 is 0 Å². The lowest BCUT2D eigenvalue weighted by molar-refractivity contribution is -0.135. The van der Waals surface area contributed by atoms with Gasteiger partial charge in [-0.05, 0) is 38.2 Å². The first-order valence-electron chi connectivity index (χ1n) is 10.2. The van der Waals surface area contributed by atoms with Crippen LogP contribution >= 0.6 is 0 Å². The molecule has 1 aliphatic heterocycles. The summed E-state index contributed by atoms with van der Waals surface area (Å²) in [7, 11) is 0. The Balaban J connectivity index is 1.51. The fourth-order valence-electron chi connectivity index (χ4n) is 4.45. The first-order chi connectivity index (χ1) is 13.2. The van der Waals surface area contributed by atoms with E-state index in [1.165, 1.54) is 6.07 Å². The number of unbranched alkanes of at least 4 members (excludes halogenated alkanes) is 1. The molecule has 0 spiro atoms. The number of likely N-dealkylation sites (tertiary alicyclic amines) is 1. The van der Waals surface area contributed by atoms with Crippen molar-refractivity contribution in [1.82, 2.24) is 14.5 Å². The monoisotopic (exact) mass is 369 g/mol. The molecule has 2 heterocycles. The molecule has 27 heavy (non-hydrogen) atoms. The van der Waals surface area contributed by atoms with Crippen molar-refractivity contribution in [2.75, 3.05) is 13.1 Å². The number of amides is 1. The summed E-state index contributed by atoms with van der Waals surface area (Å²) in [4.78, 5) is 19.9. The predicted molar refractivity (Wildman–Crippen MR) is 103 cm³/mol. The van der Waals surface area contributed by atoms with E-state index >= 15 is 0 Å². The van der Waals surface area contributed by atoms with E-state index in [0.29, 0.717) is 12.1 Å². The SMILES string of the molecule is CCCCn1ccnc1[C@H]1CCCN(C(=O)C2(c3ccccc3F)CC2)C1. The maximum Gasteiger partial charge on any atom is 0.233 e. The smallest absolute Gasteiger partial charge is 0.233 e. The van der Waals surface area contributed by atoms with Crippen LogP contribution in [-0.2, 0) is 16.8 Å². The van der Waals surface area contributed by atoms with Crippen molar-refractivity contribution >= 4 is 5.91 Å². The molecule has 1 aromatic carbocycles. The zero-order valence-electron chi connectivity index (χ0n) is 16.0. The van der Waals surface area contributed by atoms with Gasteiger partial charge in [-0.1, -0.05) is 31.5 Å². The third kappa shape index (κ3) is 3.40. The summed E-state index contributed by atoms with van der Waals surface area (Å²) in [5.41, 5.74) is -0.0632. The first-order valence-corrected chi connectivity index (χ1v) is 10.2. The van der Waals surface area contributed by atoms with Gasteiger partial charge in [0.2, 0.25) is 5.91 Å². The van der Waals surface area contributed by atoms with Crippen molar-refractivity contribution in [3.05, 3.63) is 53.9 Å². The summed E-state index contributed by atoms with van der Waals surface area (Å²) in [6, 6.07) is 6.76. The molecule has 1 aromatic heterocycles. The molecule has 0 radical (unpaired) electrons. The number of aromatic nitrogens is 2. The van der Waals surface area contributed by atoms with Gasteiger partial charge in [-0.2, -0.15) is 0 Å². The minimum Gasteiger partial charge on any atom is -0.341 e. The molecular formula is C22H28FN3O. The Morgan fingerprint density at radius 2 is 2.15 bits per heavy atom. The number of benzene rings is 1. The van der Waals surface area contributed by atoms with Crippen LogP contribution < -0.4 is 0 Å². The molecule has 1 saturated carbocycles. The number of rotatable bonds is 6. The Labute approximate surface area is 160 Å². The number of hydrogen-bond donors (Lipinski definition) is 0. The molecule has 1 amide bonds. The van der Waals surface area contributed by atoms with Crippen LogP contribution in [0.15, 0.2) is 36.7 Å². The third-order valence-electron chi connectivity index (χ3n) is 6.12. The molecule has 1 atom stereocenters. The van der Waals surface area contributed by atoms with E-state index < -0.39 is 5.41 Å². The number of hydrogen-bond acceptors (Lipinski definition) is 2. The van der Waals surface area contributed by atoms with E-state index in [1.807, 2.05) is 23.4 Å². The van der Waals surface area contributed by atoms with Crippen molar-refractivity contribution in [3.8, 4) is 0 Å². The van der Waals surface area contributed by atoms with E-state index in [4.69, 9.17) is 0 Å². The van der Waals surface area contributed by atoms with Gasteiger partial charge in [0.25, 0.3) is 0 Å². The van der Waals surface area contributed by atoms with Crippen molar-refractivity contribution in [1.29, 1.82) is 0 Å². The van der Waals surface area contributed by atoms with Crippen molar-refractivity contribution in [2.24, 2.45) is 0 Å². The fourth-order valence-corrected chi connectivity index (χ4v) is 4.45. The number of imidazole rings is 1. The molecule has 144 valence electrons. The number of nitrogens with zero attached hydrogens (tertiary/aromatic N) is 3. The van der Waals surface area contributed by atoms with E-state index in [9.17, 15) is 9.18 Å². The molecule has 2 aliphatic rings. The summed E-state index contributed by atoms with van der Waals surface area (Å²) < 4.78 is 16.6. The standard InChI is InChI=1S/C22H28FN3O/c1-2-3-13-25-15-12-24-20(25)17-7-6-14-26(16-17)21(27)22(10-11-22)18-8-4-5-9-19(18)23/h4-5,8-9,12,15,17H,2-3,6-7,10-11,13-14,16H2,1H3/t17-/m0/s1. The minimum atomic E-state index is -0.634. The van der Waals surface area contributed by atoms with Gasteiger partial charge in [0.15, 0.2) is 0 Å². The largest absolute Gasteiger partial charge is 0.341 e. The maximum atomic E-state index is 14.3. The topological polar surface area (TPSA) is 38.1 Å². The quantitative estimate of drug-likeness (QED) is 0.763. The van der Waals surface area contributed by atoms with Gasteiger partial charge in [0, 0.05) is 43.5 Å². The van der Waals surface area contributed by atoms with Gasteiger partial charge in [0.05, 0.1) is 5.41 Å². The number of carbonyl (C=O) groups excluding carboxylic acids is 1. The van der Waals surface area contributed by atoms with Crippen LogP contribution in [0.2, 0.25) is 0 Å². The van der Waals surface area contributed by atoms with Crippen molar-refractivity contribution in [2.45, 2.75) is 63.3 Å². The van der Waals surface area contributed by atoms with Crippen LogP contribution in [-0.4, -0.2) is 33.4 Å². The lowest BCUT2D eigenvalue weighted by atomic mass is 9.90. The molecule has 5 heteroatoms.